The number of rotatable bonds is 7. The molecule has 1 amide bonds. The van der Waals surface area contributed by atoms with Crippen LogP contribution in [0.3, 0.4) is 0 Å². The normalized spacial score (nSPS) is 14.6. The second-order valence-corrected chi connectivity index (χ2v) is 10.1. The Labute approximate surface area is 230 Å². The van der Waals surface area contributed by atoms with Crippen LogP contribution in [0.4, 0.5) is 8.78 Å². The highest BCUT2D eigenvalue weighted by Gasteiger charge is 2.24. The van der Waals surface area contributed by atoms with Crippen LogP contribution in [-0.2, 0) is 11.3 Å². The number of nitrogens with zero attached hydrogens (tertiary/aromatic N) is 5. The lowest BCUT2D eigenvalue weighted by atomic mass is 9.90. The van der Waals surface area contributed by atoms with Crippen LogP contribution in [0.1, 0.15) is 12.8 Å². The number of pyridine rings is 2. The Bertz CT molecular complexity index is 1640. The van der Waals surface area contributed by atoms with Crippen molar-refractivity contribution in [2.24, 2.45) is 11.7 Å². The van der Waals surface area contributed by atoms with E-state index in [0.29, 0.717) is 17.9 Å². The molecule has 0 spiro atoms. The summed E-state index contributed by atoms with van der Waals surface area (Å²) < 4.78 is 29.7. The van der Waals surface area contributed by atoms with Gasteiger partial charge in [-0.15, -0.1) is 0 Å². The van der Waals surface area contributed by atoms with Crippen molar-refractivity contribution in [3.8, 4) is 33.5 Å². The summed E-state index contributed by atoms with van der Waals surface area (Å²) in [5.74, 6) is -0.936. The van der Waals surface area contributed by atoms with E-state index < -0.39 is 0 Å². The van der Waals surface area contributed by atoms with Crippen LogP contribution < -0.4 is 5.73 Å². The number of piperidine rings is 1. The lowest BCUT2D eigenvalue weighted by Crippen LogP contribution is -2.39. The molecule has 202 valence electrons. The average molecular weight is 539 g/mol. The summed E-state index contributed by atoms with van der Waals surface area (Å²) in [6.45, 7) is 3.03. The number of benzene rings is 2. The molecule has 0 aliphatic carbocycles. The lowest BCUT2D eigenvalue weighted by Gasteiger charge is -2.30. The highest BCUT2D eigenvalue weighted by Crippen LogP contribution is 2.43. The number of fused-ring (bicyclic) bond motifs is 1. The zero-order chi connectivity index (χ0) is 27.6. The highest BCUT2D eigenvalue weighted by atomic mass is 19.1. The number of primary amides is 1. The summed E-state index contributed by atoms with van der Waals surface area (Å²) in [6.07, 6.45) is 6.95. The molecule has 0 saturated carbocycles. The van der Waals surface area contributed by atoms with Crippen molar-refractivity contribution in [2.45, 2.75) is 19.4 Å². The molecule has 3 aromatic heterocycles. The van der Waals surface area contributed by atoms with Gasteiger partial charge in [-0.25, -0.2) is 13.8 Å². The number of carbonyl (C=O) groups excluding carboxylic acids is 1. The maximum Gasteiger partial charge on any atom is 0.220 e. The second kappa shape index (κ2) is 10.9. The molecule has 0 unspecified atom stereocenters. The van der Waals surface area contributed by atoms with Crippen LogP contribution >= 0.6 is 0 Å². The number of likely N-dealkylation sites (tertiary alicyclic amines) is 1. The Balaban J connectivity index is 1.47. The van der Waals surface area contributed by atoms with Gasteiger partial charge in [0.2, 0.25) is 5.91 Å². The molecular weight excluding hydrogens is 510 g/mol. The summed E-state index contributed by atoms with van der Waals surface area (Å²) in [5, 5.41) is 5.66. The number of amides is 1. The number of halogens is 2. The molecule has 5 aromatic rings. The minimum atomic E-state index is -0.335. The molecule has 1 aliphatic rings. The van der Waals surface area contributed by atoms with E-state index in [0.717, 1.165) is 65.7 Å². The summed E-state index contributed by atoms with van der Waals surface area (Å²) in [6, 6.07) is 16.4. The van der Waals surface area contributed by atoms with E-state index in [1.165, 1.54) is 24.3 Å². The zero-order valence-electron chi connectivity index (χ0n) is 21.8. The number of hydrogen-bond donors (Lipinski definition) is 1. The predicted molar refractivity (Wildman–Crippen MR) is 150 cm³/mol. The standard InChI is InChI=1S/C31H28F2N6O/c32-24-5-1-20(2-6-24)27-26-19-39(18-17-38-15-11-23(12-16-38)30(34)40)37-31(26)36-29(22-3-7-25(33)8-4-22)28(27)21-9-13-35-14-10-21/h1-10,13-14,19,23H,11-12,15-18H2,(H2,34,40). The van der Waals surface area contributed by atoms with E-state index in [4.69, 9.17) is 15.8 Å². The third-order valence-electron chi connectivity index (χ3n) is 7.57. The molecule has 6 rings (SSSR count). The molecule has 0 radical (unpaired) electrons. The van der Waals surface area contributed by atoms with Gasteiger partial charge in [0.1, 0.15) is 11.6 Å². The summed E-state index contributed by atoms with van der Waals surface area (Å²) in [4.78, 5) is 23.0. The summed E-state index contributed by atoms with van der Waals surface area (Å²) in [7, 11) is 0. The minimum absolute atomic E-state index is 0.0532. The first-order valence-corrected chi connectivity index (χ1v) is 13.3. The monoisotopic (exact) mass is 538 g/mol. The zero-order valence-corrected chi connectivity index (χ0v) is 21.8. The van der Waals surface area contributed by atoms with Gasteiger partial charge in [0.25, 0.3) is 0 Å². The third kappa shape index (κ3) is 5.20. The molecule has 2 aromatic carbocycles. The molecule has 1 fully saturated rings. The maximum absolute atomic E-state index is 14.0. The van der Waals surface area contributed by atoms with E-state index in [-0.39, 0.29) is 23.5 Å². The minimum Gasteiger partial charge on any atom is -0.369 e. The van der Waals surface area contributed by atoms with E-state index in [1.807, 2.05) is 23.0 Å². The fraction of sp³-hybridized carbons (Fsp3) is 0.226. The molecule has 40 heavy (non-hydrogen) atoms. The molecular formula is C31H28F2N6O. The van der Waals surface area contributed by atoms with Gasteiger partial charge in [-0.3, -0.25) is 14.5 Å². The Morgan fingerprint density at radius 3 is 2.05 bits per heavy atom. The predicted octanol–water partition coefficient (Wildman–Crippen LogP) is 5.30. The van der Waals surface area contributed by atoms with Crippen LogP contribution in [0.2, 0.25) is 0 Å². The number of carbonyl (C=O) groups is 1. The molecule has 2 N–H and O–H groups in total. The summed E-state index contributed by atoms with van der Waals surface area (Å²) >= 11 is 0. The quantitative estimate of drug-likeness (QED) is 0.304. The van der Waals surface area contributed by atoms with Crippen LogP contribution in [-0.4, -0.2) is 50.2 Å². The van der Waals surface area contributed by atoms with Crippen LogP contribution in [0.5, 0.6) is 0 Å². The smallest absolute Gasteiger partial charge is 0.220 e. The van der Waals surface area contributed by atoms with Crippen molar-refractivity contribution in [1.82, 2.24) is 24.6 Å². The van der Waals surface area contributed by atoms with E-state index in [9.17, 15) is 13.6 Å². The SMILES string of the molecule is NC(=O)C1CCN(CCn2cc3c(-c4ccc(F)cc4)c(-c4ccncc4)c(-c4ccc(F)cc4)nc3n2)CC1. The molecule has 0 atom stereocenters. The first-order chi connectivity index (χ1) is 19.5. The Morgan fingerprint density at radius 2 is 1.43 bits per heavy atom. The van der Waals surface area contributed by atoms with Crippen molar-refractivity contribution < 1.29 is 13.6 Å². The van der Waals surface area contributed by atoms with Gasteiger partial charge in [0.05, 0.1) is 12.2 Å². The van der Waals surface area contributed by atoms with Crippen molar-refractivity contribution in [3.63, 3.8) is 0 Å². The van der Waals surface area contributed by atoms with E-state index >= 15 is 0 Å². The van der Waals surface area contributed by atoms with Gasteiger partial charge in [-0.05, 0) is 85.6 Å². The molecule has 0 bridgehead atoms. The molecule has 4 heterocycles. The first kappa shape index (κ1) is 25.8. The van der Waals surface area contributed by atoms with Gasteiger partial charge < -0.3 is 10.6 Å². The van der Waals surface area contributed by atoms with Crippen molar-refractivity contribution >= 4 is 16.9 Å². The third-order valence-corrected chi connectivity index (χ3v) is 7.57. The number of aromatic nitrogens is 4. The molecule has 9 heteroatoms. The van der Waals surface area contributed by atoms with E-state index in [1.54, 1.807) is 36.7 Å². The fourth-order valence-corrected chi connectivity index (χ4v) is 5.42. The highest BCUT2D eigenvalue weighted by molar-refractivity contribution is 6.05. The Hall–Kier alpha value is -4.50. The van der Waals surface area contributed by atoms with Gasteiger partial charge in [0, 0.05) is 53.1 Å². The van der Waals surface area contributed by atoms with Crippen LogP contribution in [0.25, 0.3) is 44.5 Å². The molecule has 1 aliphatic heterocycles. The van der Waals surface area contributed by atoms with Gasteiger partial charge >= 0.3 is 0 Å². The number of nitrogens with two attached hydrogens (primary N) is 1. The van der Waals surface area contributed by atoms with Crippen molar-refractivity contribution in [3.05, 3.63) is 90.9 Å². The first-order valence-electron chi connectivity index (χ1n) is 13.3. The lowest BCUT2D eigenvalue weighted by molar-refractivity contribution is -0.123. The molecule has 7 nitrogen and oxygen atoms in total. The van der Waals surface area contributed by atoms with Crippen molar-refractivity contribution in [1.29, 1.82) is 0 Å². The maximum atomic E-state index is 14.0. The summed E-state index contributed by atoms with van der Waals surface area (Å²) in [5.41, 5.74) is 10.8. The van der Waals surface area contributed by atoms with Gasteiger partial charge in [-0.2, -0.15) is 5.10 Å². The largest absolute Gasteiger partial charge is 0.369 e. The van der Waals surface area contributed by atoms with Gasteiger partial charge in [-0.1, -0.05) is 12.1 Å². The van der Waals surface area contributed by atoms with E-state index in [2.05, 4.69) is 9.88 Å². The van der Waals surface area contributed by atoms with Gasteiger partial charge in [0.15, 0.2) is 5.65 Å². The Morgan fingerprint density at radius 1 is 0.825 bits per heavy atom. The Kier molecular flexibility index (Phi) is 7.04. The second-order valence-electron chi connectivity index (χ2n) is 10.1. The molecule has 1 saturated heterocycles. The fourth-order valence-electron chi connectivity index (χ4n) is 5.42. The topological polar surface area (TPSA) is 89.9 Å². The number of hydrogen-bond acceptors (Lipinski definition) is 5. The van der Waals surface area contributed by atoms with Crippen LogP contribution in [0, 0.1) is 17.6 Å². The van der Waals surface area contributed by atoms with Crippen LogP contribution in [0.15, 0.2) is 79.3 Å². The average Bonchev–Trinajstić information content (AvgIpc) is 3.39. The van der Waals surface area contributed by atoms with Crippen molar-refractivity contribution in [2.75, 3.05) is 19.6 Å².